The molecule has 1 aromatic rings. The summed E-state index contributed by atoms with van der Waals surface area (Å²) in [5.74, 6) is -0.387. The number of nitrogens with one attached hydrogen (secondary N) is 1. The lowest BCUT2D eigenvalue weighted by Gasteiger charge is -2.36. The SMILES string of the molecule is CCOC(=O)C[C@@H]1CN(S(=O)(=O)c2ccc([N+](=O)[O-])cc2)C[C@@H](C)N1. The van der Waals surface area contributed by atoms with Crippen molar-refractivity contribution in [3.05, 3.63) is 34.4 Å². The molecule has 0 aliphatic carbocycles. The number of hydrogen-bond acceptors (Lipinski definition) is 7. The molecule has 0 unspecified atom stereocenters. The molecule has 10 heteroatoms. The van der Waals surface area contributed by atoms with Crippen LogP contribution in [0.2, 0.25) is 0 Å². The van der Waals surface area contributed by atoms with E-state index >= 15 is 0 Å². The number of non-ortho nitro benzene ring substituents is 1. The fourth-order valence-electron chi connectivity index (χ4n) is 2.76. The minimum atomic E-state index is -3.80. The summed E-state index contributed by atoms with van der Waals surface area (Å²) < 4.78 is 31.8. The van der Waals surface area contributed by atoms with E-state index < -0.39 is 14.9 Å². The second-order valence-corrected chi connectivity index (χ2v) is 7.78. The lowest BCUT2D eigenvalue weighted by molar-refractivity contribution is -0.384. The van der Waals surface area contributed by atoms with Crippen LogP contribution in [0.5, 0.6) is 0 Å². The van der Waals surface area contributed by atoms with Crippen molar-refractivity contribution in [2.24, 2.45) is 0 Å². The van der Waals surface area contributed by atoms with Crippen LogP contribution in [0.25, 0.3) is 0 Å². The van der Waals surface area contributed by atoms with Gasteiger partial charge >= 0.3 is 5.97 Å². The number of piperazine rings is 1. The quantitative estimate of drug-likeness (QED) is 0.448. The Labute approximate surface area is 146 Å². The molecular formula is C15H21N3O6S. The van der Waals surface area contributed by atoms with Gasteiger partial charge in [-0.2, -0.15) is 4.31 Å². The Morgan fingerprint density at radius 2 is 2.00 bits per heavy atom. The molecule has 0 radical (unpaired) electrons. The first-order chi connectivity index (χ1) is 11.7. The number of nitro groups is 1. The van der Waals surface area contributed by atoms with Crippen molar-refractivity contribution in [1.29, 1.82) is 0 Å². The van der Waals surface area contributed by atoms with Gasteiger partial charge in [-0.25, -0.2) is 8.42 Å². The summed E-state index contributed by atoms with van der Waals surface area (Å²) in [7, 11) is -3.80. The maximum Gasteiger partial charge on any atom is 0.307 e. The van der Waals surface area contributed by atoms with Crippen LogP contribution in [0.3, 0.4) is 0 Å². The molecule has 25 heavy (non-hydrogen) atoms. The minimum absolute atomic E-state index is 0.0120. The lowest BCUT2D eigenvalue weighted by Crippen LogP contribution is -2.57. The van der Waals surface area contributed by atoms with Gasteiger partial charge in [0.15, 0.2) is 0 Å². The van der Waals surface area contributed by atoms with E-state index in [4.69, 9.17) is 4.74 Å². The van der Waals surface area contributed by atoms with Crippen LogP contribution in [-0.2, 0) is 19.6 Å². The van der Waals surface area contributed by atoms with E-state index in [0.717, 1.165) is 12.1 Å². The number of carbonyl (C=O) groups excluding carboxylic acids is 1. The summed E-state index contributed by atoms with van der Waals surface area (Å²) in [6.07, 6.45) is 0.0739. The first kappa shape index (κ1) is 19.3. The highest BCUT2D eigenvalue weighted by atomic mass is 32.2. The Hall–Kier alpha value is -2.04. The highest BCUT2D eigenvalue weighted by Gasteiger charge is 2.34. The van der Waals surface area contributed by atoms with Crippen LogP contribution in [0.4, 0.5) is 5.69 Å². The molecule has 0 amide bonds. The Balaban J connectivity index is 2.16. The molecule has 0 bridgehead atoms. The second-order valence-electron chi connectivity index (χ2n) is 5.85. The van der Waals surface area contributed by atoms with Gasteiger partial charge in [-0.3, -0.25) is 14.9 Å². The van der Waals surface area contributed by atoms with Crippen molar-refractivity contribution in [2.75, 3.05) is 19.7 Å². The number of nitrogens with zero attached hydrogens (tertiary/aromatic N) is 2. The molecule has 1 N–H and O–H groups in total. The van der Waals surface area contributed by atoms with E-state index in [1.807, 2.05) is 6.92 Å². The van der Waals surface area contributed by atoms with Gasteiger partial charge in [0.25, 0.3) is 5.69 Å². The summed E-state index contributed by atoms with van der Waals surface area (Å²) in [5, 5.41) is 13.9. The normalized spacial score (nSPS) is 21.7. The van der Waals surface area contributed by atoms with Crippen LogP contribution in [0.1, 0.15) is 20.3 Å². The van der Waals surface area contributed by atoms with Gasteiger partial charge in [0, 0.05) is 37.3 Å². The molecule has 1 aliphatic heterocycles. The standard InChI is InChI=1S/C15H21N3O6S/c1-3-24-15(19)8-12-10-17(9-11(2)16-12)25(22,23)14-6-4-13(5-7-14)18(20)21/h4-7,11-12,16H,3,8-10H2,1-2H3/t11-,12-/m1/s1. The van der Waals surface area contributed by atoms with E-state index in [1.54, 1.807) is 6.92 Å². The van der Waals surface area contributed by atoms with Gasteiger partial charge in [0.2, 0.25) is 10.0 Å². The van der Waals surface area contributed by atoms with E-state index in [1.165, 1.54) is 16.4 Å². The third-order valence-corrected chi connectivity index (χ3v) is 5.67. The van der Waals surface area contributed by atoms with E-state index in [-0.39, 0.29) is 54.8 Å². The monoisotopic (exact) mass is 371 g/mol. The van der Waals surface area contributed by atoms with E-state index in [9.17, 15) is 23.3 Å². The Morgan fingerprint density at radius 1 is 1.36 bits per heavy atom. The number of hydrogen-bond donors (Lipinski definition) is 1. The molecule has 1 saturated heterocycles. The average Bonchev–Trinajstić information content (AvgIpc) is 2.54. The molecule has 2 rings (SSSR count). The molecule has 9 nitrogen and oxygen atoms in total. The number of ether oxygens (including phenoxy) is 1. The van der Waals surface area contributed by atoms with Crippen LogP contribution >= 0.6 is 0 Å². The van der Waals surface area contributed by atoms with Crippen molar-refractivity contribution in [1.82, 2.24) is 9.62 Å². The van der Waals surface area contributed by atoms with Crippen molar-refractivity contribution >= 4 is 21.7 Å². The third-order valence-electron chi connectivity index (χ3n) is 3.83. The van der Waals surface area contributed by atoms with Gasteiger partial charge in [0.05, 0.1) is 22.8 Å². The third kappa shape index (κ3) is 4.74. The molecule has 2 atom stereocenters. The molecule has 138 valence electrons. The van der Waals surface area contributed by atoms with Crippen molar-refractivity contribution in [2.45, 2.75) is 37.2 Å². The smallest absolute Gasteiger partial charge is 0.307 e. The number of nitro benzene ring substituents is 1. The Kier molecular flexibility index (Phi) is 6.09. The molecule has 1 aromatic carbocycles. The number of esters is 1. The Morgan fingerprint density at radius 3 is 2.56 bits per heavy atom. The molecule has 0 aromatic heterocycles. The van der Waals surface area contributed by atoms with Gasteiger partial charge in [-0.05, 0) is 26.0 Å². The summed E-state index contributed by atoms with van der Waals surface area (Å²) >= 11 is 0. The number of sulfonamides is 1. The highest BCUT2D eigenvalue weighted by Crippen LogP contribution is 2.22. The molecular weight excluding hydrogens is 350 g/mol. The molecule has 1 heterocycles. The number of carbonyl (C=O) groups is 1. The zero-order chi connectivity index (χ0) is 18.6. The van der Waals surface area contributed by atoms with Gasteiger partial charge in [-0.15, -0.1) is 0 Å². The predicted octanol–water partition coefficient (Wildman–Crippen LogP) is 0.899. The lowest BCUT2D eigenvalue weighted by atomic mass is 10.1. The van der Waals surface area contributed by atoms with Crippen LogP contribution < -0.4 is 5.32 Å². The van der Waals surface area contributed by atoms with Crippen LogP contribution in [-0.4, -0.2) is 55.4 Å². The first-order valence-electron chi connectivity index (χ1n) is 7.90. The minimum Gasteiger partial charge on any atom is -0.466 e. The topological polar surface area (TPSA) is 119 Å². The molecule has 1 aliphatic rings. The predicted molar refractivity (Wildman–Crippen MR) is 89.5 cm³/mol. The maximum absolute atomic E-state index is 12.8. The second kappa shape index (κ2) is 7.89. The van der Waals surface area contributed by atoms with Crippen molar-refractivity contribution in [3.63, 3.8) is 0 Å². The highest BCUT2D eigenvalue weighted by molar-refractivity contribution is 7.89. The summed E-state index contributed by atoms with van der Waals surface area (Å²) in [5.41, 5.74) is -0.173. The van der Waals surface area contributed by atoms with E-state index in [2.05, 4.69) is 5.32 Å². The zero-order valence-electron chi connectivity index (χ0n) is 14.0. The largest absolute Gasteiger partial charge is 0.466 e. The van der Waals surface area contributed by atoms with Gasteiger partial charge in [0.1, 0.15) is 0 Å². The molecule has 1 fully saturated rings. The fourth-order valence-corrected chi connectivity index (χ4v) is 4.34. The van der Waals surface area contributed by atoms with E-state index in [0.29, 0.717) is 0 Å². The number of rotatable bonds is 6. The summed E-state index contributed by atoms with van der Waals surface area (Å²) in [4.78, 5) is 21.8. The zero-order valence-corrected chi connectivity index (χ0v) is 14.9. The summed E-state index contributed by atoms with van der Waals surface area (Å²) in [6, 6.07) is 4.28. The Bertz CT molecular complexity index is 734. The molecule has 0 spiro atoms. The van der Waals surface area contributed by atoms with Crippen LogP contribution in [0.15, 0.2) is 29.2 Å². The van der Waals surface area contributed by atoms with Crippen molar-refractivity contribution < 1.29 is 22.9 Å². The fraction of sp³-hybridized carbons (Fsp3) is 0.533. The average molecular weight is 371 g/mol. The maximum atomic E-state index is 12.8. The van der Waals surface area contributed by atoms with Crippen LogP contribution in [0, 0.1) is 10.1 Å². The van der Waals surface area contributed by atoms with Gasteiger partial charge in [-0.1, -0.05) is 0 Å². The first-order valence-corrected chi connectivity index (χ1v) is 9.34. The summed E-state index contributed by atoms with van der Waals surface area (Å²) in [6.45, 7) is 4.18. The molecule has 0 saturated carbocycles. The number of benzene rings is 1. The van der Waals surface area contributed by atoms with Gasteiger partial charge < -0.3 is 10.1 Å². The van der Waals surface area contributed by atoms with Crippen molar-refractivity contribution in [3.8, 4) is 0 Å².